The van der Waals surface area contributed by atoms with Crippen LogP contribution >= 0.6 is 0 Å². The third-order valence-electron chi connectivity index (χ3n) is 8.41. The molecule has 282 valence electrons. The average Bonchev–Trinajstić information content (AvgIpc) is 3.06. The van der Waals surface area contributed by atoms with E-state index in [2.05, 4.69) is 40.7 Å². The predicted octanol–water partition coefficient (Wildman–Crippen LogP) is 8.11. The Bertz CT molecular complexity index is 1540. The summed E-state index contributed by atoms with van der Waals surface area (Å²) in [7, 11) is -4.30. The molecule has 2 rings (SSSR count). The monoisotopic (exact) mass is 833 g/mol. The van der Waals surface area contributed by atoms with Gasteiger partial charge in [0.25, 0.3) is 0 Å². The molecule has 51 heavy (non-hydrogen) atoms. The van der Waals surface area contributed by atoms with Crippen molar-refractivity contribution in [2.24, 2.45) is 0 Å². The number of esters is 1. The molecule has 10 nitrogen and oxygen atoms in total. The number of carbonyl (C=O) groups excluding carboxylic acids is 3. The summed E-state index contributed by atoms with van der Waals surface area (Å²) in [4.78, 5) is 41.1. The van der Waals surface area contributed by atoms with Crippen LogP contribution in [0.1, 0.15) is 98.1 Å². The van der Waals surface area contributed by atoms with Crippen molar-refractivity contribution < 1.29 is 32.3 Å². The molecule has 12 heteroatoms. The molecule has 2 atom stereocenters. The zero-order valence-electron chi connectivity index (χ0n) is 31.8. The molecule has 0 unspecified atom stereocenters. The Labute approximate surface area is 310 Å². The number of urea groups is 1. The Kier molecular flexibility index (Phi) is 18.4. The van der Waals surface area contributed by atoms with Gasteiger partial charge in [-0.25, -0.2) is 0 Å². The normalized spacial score (nSPS) is 12.9. The van der Waals surface area contributed by atoms with Gasteiger partial charge in [0.1, 0.15) is 0 Å². The third kappa shape index (κ3) is 15.9. The average molecular weight is 833 g/mol. The standard InChI is InChI=1S/C27H32N3O7S.3C4H9.Sn/c1-7-24(23(18-36-20(3)31)28-26(33)37-27(4,5)6)30(17-21-11-9-8-10-12-21)25(32)29-38(34,35)22-15-13-19(2)14-16-22;3*1-3-4-2;/h8-16,23-24H,17-18H2,2-6H3,(H,28,33)(H,29,32);3*1,3-4H2,2H3;/t23-,24-;;;;/m0..../s1. The van der Waals surface area contributed by atoms with Gasteiger partial charge >= 0.3 is 312 Å². The van der Waals surface area contributed by atoms with E-state index >= 15 is 0 Å². The number of carbonyl (C=O) groups is 3. The van der Waals surface area contributed by atoms with Gasteiger partial charge < -0.3 is 0 Å². The summed E-state index contributed by atoms with van der Waals surface area (Å²) in [6.07, 6.45) is 5.50. The summed E-state index contributed by atoms with van der Waals surface area (Å²) < 4.78 is 47.5. The van der Waals surface area contributed by atoms with Gasteiger partial charge in [0.15, 0.2) is 0 Å². The van der Waals surface area contributed by atoms with Crippen molar-refractivity contribution in [1.29, 1.82) is 0 Å². The molecule has 3 amide bonds. The first-order valence-corrected chi connectivity index (χ1v) is 27.1. The van der Waals surface area contributed by atoms with E-state index in [0.29, 0.717) is 5.56 Å². The first kappa shape index (κ1) is 43.9. The molecule has 0 heterocycles. The van der Waals surface area contributed by atoms with Crippen molar-refractivity contribution >= 4 is 46.5 Å². The van der Waals surface area contributed by atoms with Crippen LogP contribution in [-0.2, 0) is 30.8 Å². The number of hydrogen-bond donors (Lipinski definition) is 2. The molecule has 0 aromatic heterocycles. The van der Waals surface area contributed by atoms with Gasteiger partial charge in [0.2, 0.25) is 0 Å². The quantitative estimate of drug-likeness (QED) is 0.0882. The van der Waals surface area contributed by atoms with Crippen LogP contribution in [0.2, 0.25) is 13.3 Å². The van der Waals surface area contributed by atoms with Crippen LogP contribution in [0.25, 0.3) is 0 Å². The second-order valence-electron chi connectivity index (χ2n) is 14.2. The molecule has 2 aromatic carbocycles. The number of nitrogens with one attached hydrogen (secondary N) is 2. The summed E-state index contributed by atoms with van der Waals surface area (Å²) in [6.45, 7) is 14.5. The van der Waals surface area contributed by atoms with Crippen LogP contribution in [0, 0.1) is 16.8 Å². The molecule has 2 aromatic rings. The second-order valence-corrected chi connectivity index (χ2v) is 28.2. The number of amides is 3. The van der Waals surface area contributed by atoms with E-state index < -0.39 is 64.2 Å². The maximum absolute atomic E-state index is 14.4. The van der Waals surface area contributed by atoms with Crippen molar-refractivity contribution in [3.8, 4) is 9.86 Å². The van der Waals surface area contributed by atoms with Crippen LogP contribution in [0.3, 0.4) is 0 Å². The fourth-order valence-electron chi connectivity index (χ4n) is 5.64. The first-order chi connectivity index (χ1) is 24.0. The molecule has 0 aliphatic rings. The van der Waals surface area contributed by atoms with Crippen LogP contribution in [0.5, 0.6) is 0 Å². The Balaban J connectivity index is 2.86. The number of hydrogen-bond acceptors (Lipinski definition) is 7. The Morgan fingerprint density at radius 2 is 1.43 bits per heavy atom. The van der Waals surface area contributed by atoms with Gasteiger partial charge in [-0.2, -0.15) is 0 Å². The van der Waals surface area contributed by atoms with E-state index in [1.807, 2.05) is 37.3 Å². The number of benzene rings is 2. The number of alkyl carbamates (subject to hydrolysis) is 1. The van der Waals surface area contributed by atoms with Crippen LogP contribution in [0.15, 0.2) is 59.5 Å². The minimum absolute atomic E-state index is 0.0383. The van der Waals surface area contributed by atoms with Crippen molar-refractivity contribution in [2.75, 3.05) is 6.61 Å². The van der Waals surface area contributed by atoms with Gasteiger partial charge in [-0.05, 0) is 0 Å². The second kappa shape index (κ2) is 21.3. The number of aryl methyl sites for hydroxylation is 1. The summed E-state index contributed by atoms with van der Waals surface area (Å²) in [6, 6.07) is 12.3. The van der Waals surface area contributed by atoms with Crippen LogP contribution < -0.4 is 10.0 Å². The molecule has 0 aliphatic heterocycles. The molecule has 0 aliphatic carbocycles. The van der Waals surface area contributed by atoms with E-state index in [1.54, 1.807) is 32.9 Å². The van der Waals surface area contributed by atoms with E-state index in [-0.39, 0.29) is 18.0 Å². The summed E-state index contributed by atoms with van der Waals surface area (Å²) in [5, 5.41) is 2.83. The Morgan fingerprint density at radius 1 is 0.882 bits per heavy atom. The summed E-state index contributed by atoms with van der Waals surface area (Å²) >= 11 is -3.22. The molecule has 0 fully saturated rings. The Hall–Kier alpha value is -3.24. The van der Waals surface area contributed by atoms with Crippen molar-refractivity contribution in [2.45, 2.75) is 136 Å². The molecular formula is C39H59N3O7SSn. The van der Waals surface area contributed by atoms with Gasteiger partial charge in [-0.3, -0.25) is 0 Å². The number of unbranched alkanes of at least 4 members (excludes halogenated alkanes) is 3. The van der Waals surface area contributed by atoms with Gasteiger partial charge in [0, 0.05) is 0 Å². The van der Waals surface area contributed by atoms with E-state index in [4.69, 9.17) is 9.47 Å². The zero-order chi connectivity index (χ0) is 38.1. The summed E-state index contributed by atoms with van der Waals surface area (Å²) in [5.41, 5.74) is 0.743. The fraction of sp³-hybridized carbons (Fsp3) is 0.564. The number of rotatable bonds is 18. The number of nitrogens with zero attached hydrogens (tertiary/aromatic N) is 1. The minimum atomic E-state index is -4.30. The Morgan fingerprint density at radius 3 is 1.92 bits per heavy atom. The molecule has 0 saturated carbocycles. The van der Waals surface area contributed by atoms with Crippen molar-refractivity contribution in [3.63, 3.8) is 0 Å². The molecule has 0 bridgehead atoms. The van der Waals surface area contributed by atoms with E-state index in [1.165, 1.54) is 24.0 Å². The van der Waals surface area contributed by atoms with Gasteiger partial charge in [-0.15, -0.1) is 0 Å². The predicted molar refractivity (Wildman–Crippen MR) is 205 cm³/mol. The molecule has 0 spiro atoms. The number of ether oxygens (including phenoxy) is 2. The topological polar surface area (TPSA) is 131 Å². The SMILES string of the molecule is CCC[CH2][Sn]([C]#C[C@@H]([C@H](COC(C)=O)NC(=O)OC(C)(C)C)N(Cc1ccccc1)C(=O)NS(=O)(=O)c1ccc(C)cc1)([CH2]CCC)[CH2]CCC. The van der Waals surface area contributed by atoms with Crippen molar-refractivity contribution in [3.05, 3.63) is 65.7 Å². The van der Waals surface area contributed by atoms with Gasteiger partial charge in [0.05, 0.1) is 0 Å². The molecule has 2 N–H and O–H groups in total. The summed E-state index contributed by atoms with van der Waals surface area (Å²) in [5.74, 6) is 2.88. The van der Waals surface area contributed by atoms with Crippen molar-refractivity contribution in [1.82, 2.24) is 14.9 Å². The molecule has 0 radical (unpaired) electrons. The van der Waals surface area contributed by atoms with Crippen LogP contribution in [-0.4, -0.2) is 74.1 Å². The zero-order valence-corrected chi connectivity index (χ0v) is 35.5. The molecule has 0 saturated heterocycles. The van der Waals surface area contributed by atoms with Gasteiger partial charge in [-0.1, -0.05) is 0 Å². The number of sulfonamides is 1. The maximum atomic E-state index is 14.4. The first-order valence-electron chi connectivity index (χ1n) is 18.1. The van der Waals surface area contributed by atoms with Crippen LogP contribution in [0.4, 0.5) is 9.59 Å². The third-order valence-corrected chi connectivity index (χ3v) is 22.9. The van der Waals surface area contributed by atoms with E-state index in [0.717, 1.165) is 57.4 Å². The van der Waals surface area contributed by atoms with E-state index in [9.17, 15) is 22.8 Å². The molecular weight excluding hydrogens is 773 g/mol. The fourth-order valence-corrected chi connectivity index (χ4v) is 19.9.